The van der Waals surface area contributed by atoms with Crippen LogP contribution in [0.2, 0.25) is 0 Å². The van der Waals surface area contributed by atoms with Crippen molar-refractivity contribution in [3.63, 3.8) is 0 Å². The Morgan fingerprint density at radius 2 is 1.96 bits per heavy atom. The summed E-state index contributed by atoms with van der Waals surface area (Å²) in [5.74, 6) is 1.66. The van der Waals surface area contributed by atoms with Crippen molar-refractivity contribution in [1.82, 2.24) is 24.7 Å². The minimum Gasteiger partial charge on any atom is -0.339 e. The molecule has 0 atom stereocenters. The molecule has 0 amide bonds. The number of pyridine rings is 1. The Labute approximate surface area is 159 Å². The number of aromatic nitrogens is 5. The number of para-hydroxylation sites is 1. The molecule has 3 heterocycles. The zero-order valence-corrected chi connectivity index (χ0v) is 15.5. The van der Waals surface area contributed by atoms with Crippen LogP contribution in [0.1, 0.15) is 25.1 Å². The molecule has 4 aromatic rings. The highest BCUT2D eigenvalue weighted by atomic mass is 32.2. The van der Waals surface area contributed by atoms with E-state index in [2.05, 4.69) is 27.0 Å². The van der Waals surface area contributed by atoms with Crippen molar-refractivity contribution < 1.29 is 4.52 Å². The van der Waals surface area contributed by atoms with Gasteiger partial charge in [-0.05, 0) is 30.7 Å². The second kappa shape index (κ2) is 7.71. The number of thioether (sulfide) groups is 1. The molecule has 0 spiro atoms. The topological polar surface area (TPSA) is 86.7 Å². The second-order valence-corrected chi connectivity index (χ2v) is 6.83. The SMILES string of the molecule is CCCc1nc(CSc2nc3ncccc3c(=O)n2-c2ccccc2)no1. The smallest absolute Gasteiger partial charge is 0.268 e. The molecule has 0 saturated heterocycles. The molecule has 8 heteroatoms. The molecule has 3 aromatic heterocycles. The number of aryl methyl sites for hydroxylation is 1. The van der Waals surface area contributed by atoms with Crippen molar-refractivity contribution in [3.8, 4) is 5.69 Å². The van der Waals surface area contributed by atoms with Crippen molar-refractivity contribution in [2.24, 2.45) is 0 Å². The molecule has 1 aromatic carbocycles. The van der Waals surface area contributed by atoms with Crippen molar-refractivity contribution in [1.29, 1.82) is 0 Å². The zero-order chi connectivity index (χ0) is 18.6. The molecular weight excluding hydrogens is 362 g/mol. The third-order valence-corrected chi connectivity index (χ3v) is 4.87. The van der Waals surface area contributed by atoms with Gasteiger partial charge in [0.15, 0.2) is 16.6 Å². The van der Waals surface area contributed by atoms with Gasteiger partial charge in [-0.3, -0.25) is 9.36 Å². The van der Waals surface area contributed by atoms with Crippen LogP contribution in [0, 0.1) is 0 Å². The number of hydrogen-bond donors (Lipinski definition) is 0. The van der Waals surface area contributed by atoms with Crippen molar-refractivity contribution in [2.45, 2.75) is 30.7 Å². The highest BCUT2D eigenvalue weighted by Crippen LogP contribution is 2.23. The third kappa shape index (κ3) is 3.61. The molecule has 0 aliphatic rings. The van der Waals surface area contributed by atoms with Crippen molar-refractivity contribution in [2.75, 3.05) is 0 Å². The summed E-state index contributed by atoms with van der Waals surface area (Å²) in [5, 5.41) is 5.02. The number of nitrogens with zero attached hydrogens (tertiary/aromatic N) is 5. The van der Waals surface area contributed by atoms with E-state index < -0.39 is 0 Å². The highest BCUT2D eigenvalue weighted by Gasteiger charge is 2.15. The maximum Gasteiger partial charge on any atom is 0.268 e. The predicted molar refractivity (Wildman–Crippen MR) is 103 cm³/mol. The molecule has 27 heavy (non-hydrogen) atoms. The van der Waals surface area contributed by atoms with Crippen LogP contribution in [0.4, 0.5) is 0 Å². The van der Waals surface area contributed by atoms with Crippen molar-refractivity contribution in [3.05, 3.63) is 70.7 Å². The zero-order valence-electron chi connectivity index (χ0n) is 14.7. The van der Waals surface area contributed by atoms with Crippen LogP contribution in [-0.2, 0) is 12.2 Å². The molecule has 0 fully saturated rings. The molecule has 0 N–H and O–H groups in total. The van der Waals surface area contributed by atoms with E-state index in [0.717, 1.165) is 18.5 Å². The van der Waals surface area contributed by atoms with Crippen LogP contribution in [0.15, 0.2) is 63.1 Å². The summed E-state index contributed by atoms with van der Waals surface area (Å²) < 4.78 is 6.83. The minimum atomic E-state index is -0.151. The maximum absolute atomic E-state index is 13.1. The Bertz CT molecular complexity index is 1120. The quantitative estimate of drug-likeness (QED) is 0.375. The lowest BCUT2D eigenvalue weighted by molar-refractivity contribution is 0.373. The minimum absolute atomic E-state index is 0.151. The lowest BCUT2D eigenvalue weighted by atomic mass is 10.3. The molecule has 4 rings (SSSR count). The van der Waals surface area contributed by atoms with Gasteiger partial charge < -0.3 is 4.52 Å². The van der Waals surface area contributed by atoms with Crippen LogP contribution >= 0.6 is 11.8 Å². The first-order valence-corrected chi connectivity index (χ1v) is 9.62. The van der Waals surface area contributed by atoms with Gasteiger partial charge in [0.05, 0.1) is 16.8 Å². The summed E-state index contributed by atoms with van der Waals surface area (Å²) in [6, 6.07) is 12.9. The lowest BCUT2D eigenvalue weighted by Crippen LogP contribution is -2.22. The Morgan fingerprint density at radius 3 is 2.78 bits per heavy atom. The van der Waals surface area contributed by atoms with Gasteiger partial charge in [-0.25, -0.2) is 9.97 Å². The largest absolute Gasteiger partial charge is 0.339 e. The van der Waals surface area contributed by atoms with Gasteiger partial charge in [0.1, 0.15) is 0 Å². The van der Waals surface area contributed by atoms with Gasteiger partial charge in [-0.2, -0.15) is 4.98 Å². The van der Waals surface area contributed by atoms with E-state index in [4.69, 9.17) is 4.52 Å². The first-order valence-electron chi connectivity index (χ1n) is 8.63. The Kier molecular flexibility index (Phi) is 4.97. The first-order chi connectivity index (χ1) is 13.3. The summed E-state index contributed by atoms with van der Waals surface area (Å²) in [6.45, 7) is 2.06. The highest BCUT2D eigenvalue weighted by molar-refractivity contribution is 7.98. The van der Waals surface area contributed by atoms with Gasteiger partial charge in [0.2, 0.25) is 5.89 Å². The standard InChI is InChI=1S/C19H17N5O2S/c1-2-7-16-21-15(23-26-16)12-27-19-22-17-14(10-6-11-20-17)18(25)24(19)13-8-4-3-5-9-13/h3-6,8-11H,2,7,12H2,1H3. The van der Waals surface area contributed by atoms with E-state index >= 15 is 0 Å². The summed E-state index contributed by atoms with van der Waals surface area (Å²) in [5.41, 5.74) is 1.03. The summed E-state index contributed by atoms with van der Waals surface area (Å²) in [6.07, 6.45) is 3.33. The van der Waals surface area contributed by atoms with E-state index in [1.165, 1.54) is 11.8 Å². The fraction of sp³-hybridized carbons (Fsp3) is 0.211. The molecule has 0 unspecified atom stereocenters. The molecule has 0 radical (unpaired) electrons. The summed E-state index contributed by atoms with van der Waals surface area (Å²) in [7, 11) is 0. The average Bonchev–Trinajstić information content (AvgIpc) is 3.15. The molecule has 0 aliphatic heterocycles. The molecular formula is C19H17N5O2S. The van der Waals surface area contributed by atoms with Gasteiger partial charge in [0.25, 0.3) is 5.56 Å². The molecule has 7 nitrogen and oxygen atoms in total. The fourth-order valence-electron chi connectivity index (χ4n) is 2.70. The fourth-order valence-corrected chi connectivity index (χ4v) is 3.54. The molecule has 0 saturated carbocycles. The summed E-state index contributed by atoms with van der Waals surface area (Å²) >= 11 is 1.38. The monoisotopic (exact) mass is 379 g/mol. The van der Waals surface area contributed by atoms with Gasteiger partial charge in [-0.1, -0.05) is 42.0 Å². The predicted octanol–water partition coefficient (Wildman–Crippen LogP) is 3.41. The normalized spacial score (nSPS) is 11.1. The third-order valence-electron chi connectivity index (χ3n) is 3.93. The second-order valence-electron chi connectivity index (χ2n) is 5.89. The van der Waals surface area contributed by atoms with Crippen LogP contribution in [0.5, 0.6) is 0 Å². The summed E-state index contributed by atoms with van der Waals surface area (Å²) in [4.78, 5) is 26.3. The van der Waals surface area contributed by atoms with Crippen LogP contribution in [0.3, 0.4) is 0 Å². The molecule has 0 bridgehead atoms. The maximum atomic E-state index is 13.1. The van der Waals surface area contributed by atoms with Crippen LogP contribution in [-0.4, -0.2) is 24.7 Å². The Balaban J connectivity index is 1.75. The van der Waals surface area contributed by atoms with Crippen LogP contribution in [0.25, 0.3) is 16.7 Å². The first kappa shape index (κ1) is 17.4. The average molecular weight is 379 g/mol. The van der Waals surface area contributed by atoms with Crippen LogP contribution < -0.4 is 5.56 Å². The number of fused-ring (bicyclic) bond motifs is 1. The lowest BCUT2D eigenvalue weighted by Gasteiger charge is -2.12. The van der Waals surface area contributed by atoms with Gasteiger partial charge >= 0.3 is 0 Å². The van der Waals surface area contributed by atoms with E-state index in [1.807, 2.05) is 30.3 Å². The molecule has 0 aliphatic carbocycles. The van der Waals surface area contributed by atoms with Gasteiger partial charge in [-0.15, -0.1) is 0 Å². The number of rotatable bonds is 6. The Hall–Kier alpha value is -3.00. The van der Waals surface area contributed by atoms with Crippen molar-refractivity contribution >= 4 is 22.8 Å². The van der Waals surface area contributed by atoms with E-state index in [9.17, 15) is 4.79 Å². The van der Waals surface area contributed by atoms with E-state index in [0.29, 0.717) is 33.7 Å². The van der Waals surface area contributed by atoms with E-state index in [1.54, 1.807) is 22.9 Å². The Morgan fingerprint density at radius 1 is 1.11 bits per heavy atom. The molecule has 136 valence electrons. The van der Waals surface area contributed by atoms with E-state index in [-0.39, 0.29) is 5.56 Å². The number of benzene rings is 1. The number of hydrogen-bond acceptors (Lipinski definition) is 7. The van der Waals surface area contributed by atoms with Gasteiger partial charge in [0, 0.05) is 12.6 Å².